The highest BCUT2D eigenvalue weighted by Crippen LogP contribution is 2.41. The lowest BCUT2D eigenvalue weighted by Gasteiger charge is -2.49. The maximum Gasteiger partial charge on any atom is 0.236 e. The monoisotopic (exact) mass is 383 g/mol. The Morgan fingerprint density at radius 1 is 1.30 bits per heavy atom. The van der Waals surface area contributed by atoms with E-state index in [-0.39, 0.29) is 5.54 Å². The van der Waals surface area contributed by atoms with Gasteiger partial charge in [-0.3, -0.25) is 9.80 Å². The second kappa shape index (κ2) is 6.58. The topological polar surface area (TPSA) is 61.2 Å². The molecule has 5 heterocycles. The quantitative estimate of drug-likeness (QED) is 0.751. The summed E-state index contributed by atoms with van der Waals surface area (Å²) in [5.74, 6) is 1.68. The number of fused-ring (bicyclic) bond motifs is 2. The van der Waals surface area contributed by atoms with Crippen LogP contribution in [0.3, 0.4) is 0 Å². The van der Waals surface area contributed by atoms with E-state index in [0.29, 0.717) is 0 Å². The van der Waals surface area contributed by atoms with Crippen molar-refractivity contribution in [2.75, 3.05) is 26.7 Å². The number of nitrogens with one attached hydrogen (secondary N) is 1. The van der Waals surface area contributed by atoms with E-state index in [2.05, 4.69) is 33.3 Å². The fourth-order valence-electron chi connectivity index (χ4n) is 4.58. The number of oxazole rings is 1. The van der Waals surface area contributed by atoms with E-state index >= 15 is 0 Å². The summed E-state index contributed by atoms with van der Waals surface area (Å²) in [5, 5.41) is 2.06. The van der Waals surface area contributed by atoms with Crippen molar-refractivity contribution in [2.45, 2.75) is 38.3 Å². The van der Waals surface area contributed by atoms with E-state index in [9.17, 15) is 0 Å². The summed E-state index contributed by atoms with van der Waals surface area (Å²) in [5.41, 5.74) is 3.75. The lowest BCUT2D eigenvalue weighted by molar-refractivity contribution is 0.0217. The Hall–Kier alpha value is -1.96. The third kappa shape index (κ3) is 2.85. The van der Waals surface area contributed by atoms with Gasteiger partial charge in [0.2, 0.25) is 5.89 Å². The molecule has 6 nitrogen and oxygen atoms in total. The highest BCUT2D eigenvalue weighted by atomic mass is 32.1. The minimum Gasteiger partial charge on any atom is -0.440 e. The molecule has 0 saturated carbocycles. The van der Waals surface area contributed by atoms with Gasteiger partial charge in [-0.25, -0.2) is 9.97 Å². The Morgan fingerprint density at radius 2 is 2.15 bits per heavy atom. The number of hydrogen-bond donors (Lipinski definition) is 1. The highest BCUT2D eigenvalue weighted by Gasteiger charge is 2.45. The van der Waals surface area contributed by atoms with Crippen LogP contribution < -0.4 is 0 Å². The number of thiophene rings is 1. The summed E-state index contributed by atoms with van der Waals surface area (Å²) in [6.45, 7) is 6.08. The van der Waals surface area contributed by atoms with Crippen LogP contribution in [0.2, 0.25) is 0 Å². The first-order chi connectivity index (χ1) is 13.2. The maximum atomic E-state index is 5.91. The molecular weight excluding hydrogens is 358 g/mol. The largest absolute Gasteiger partial charge is 0.440 e. The van der Waals surface area contributed by atoms with Gasteiger partial charge in [-0.1, -0.05) is 6.07 Å². The molecule has 1 fully saturated rings. The van der Waals surface area contributed by atoms with E-state index in [1.807, 2.05) is 19.3 Å². The van der Waals surface area contributed by atoms with Gasteiger partial charge >= 0.3 is 0 Å². The number of nitrogens with zero attached hydrogens (tertiary/aromatic N) is 4. The molecule has 1 spiro atoms. The molecule has 1 N–H and O–H groups in total. The Bertz CT molecular complexity index is 920. The molecule has 2 aliphatic rings. The highest BCUT2D eigenvalue weighted by molar-refractivity contribution is 7.13. The molecule has 0 bridgehead atoms. The van der Waals surface area contributed by atoms with Crippen LogP contribution in [0.5, 0.6) is 0 Å². The van der Waals surface area contributed by atoms with Crippen LogP contribution in [0.4, 0.5) is 0 Å². The number of hydrogen-bond acceptors (Lipinski definition) is 6. The summed E-state index contributed by atoms with van der Waals surface area (Å²) < 4.78 is 5.91. The van der Waals surface area contributed by atoms with Crippen molar-refractivity contribution >= 4 is 11.3 Å². The third-order valence-corrected chi connectivity index (χ3v) is 7.13. The molecule has 142 valence electrons. The van der Waals surface area contributed by atoms with Gasteiger partial charge in [0.25, 0.3) is 0 Å². The number of imidazole rings is 1. The van der Waals surface area contributed by atoms with Crippen LogP contribution in [-0.2, 0) is 18.5 Å². The zero-order chi connectivity index (χ0) is 18.4. The number of likely N-dealkylation sites (N-methyl/N-ethyl adjacent to an activating group) is 1. The van der Waals surface area contributed by atoms with Gasteiger partial charge in [0.1, 0.15) is 5.76 Å². The predicted molar refractivity (Wildman–Crippen MR) is 106 cm³/mol. The molecule has 0 aromatic carbocycles. The van der Waals surface area contributed by atoms with Gasteiger partial charge in [0, 0.05) is 38.3 Å². The summed E-state index contributed by atoms with van der Waals surface area (Å²) >= 11 is 1.67. The fraction of sp³-hybridized carbons (Fsp3) is 0.500. The zero-order valence-corrected chi connectivity index (χ0v) is 16.7. The van der Waals surface area contributed by atoms with Gasteiger partial charge in [0.05, 0.1) is 28.1 Å². The second-order valence-corrected chi connectivity index (χ2v) is 8.66. The van der Waals surface area contributed by atoms with Crippen LogP contribution in [-0.4, -0.2) is 51.4 Å². The SMILES string of the molecule is Cc1oc(-c2cccs2)nc1CN1CCC2(CC1)c1nc[nH]c1CCN2C. The van der Waals surface area contributed by atoms with Crippen molar-refractivity contribution in [1.82, 2.24) is 24.8 Å². The standard InChI is InChI=1S/C20H25N5OS/c1-14-16(23-19(26-14)17-4-3-11-27-17)12-25-9-6-20(7-10-25)18-15(21-13-22-18)5-8-24(20)2/h3-4,11,13H,5-10,12H2,1-2H3,(H,21,22). The number of rotatable bonds is 3. The van der Waals surface area contributed by atoms with Gasteiger partial charge in [-0.05, 0) is 38.3 Å². The van der Waals surface area contributed by atoms with Crippen LogP contribution in [0, 0.1) is 6.92 Å². The van der Waals surface area contributed by atoms with Gasteiger partial charge < -0.3 is 9.40 Å². The minimum absolute atomic E-state index is 0.0884. The first-order valence-electron chi connectivity index (χ1n) is 9.62. The molecule has 27 heavy (non-hydrogen) atoms. The smallest absolute Gasteiger partial charge is 0.236 e. The van der Waals surface area contributed by atoms with Crippen molar-refractivity contribution in [2.24, 2.45) is 0 Å². The fourth-order valence-corrected chi connectivity index (χ4v) is 5.23. The lowest BCUT2D eigenvalue weighted by atomic mass is 9.79. The molecule has 2 aliphatic heterocycles. The van der Waals surface area contributed by atoms with Gasteiger partial charge in [-0.15, -0.1) is 11.3 Å². The summed E-state index contributed by atoms with van der Waals surface area (Å²) in [6.07, 6.45) is 5.15. The average molecular weight is 384 g/mol. The normalized spacial score (nSPS) is 20.2. The van der Waals surface area contributed by atoms with Crippen LogP contribution in [0.25, 0.3) is 10.8 Å². The summed E-state index contributed by atoms with van der Waals surface area (Å²) in [6, 6.07) is 4.10. The van der Waals surface area contributed by atoms with E-state index in [1.165, 1.54) is 11.4 Å². The number of H-pyrrole nitrogens is 1. The van der Waals surface area contributed by atoms with Crippen LogP contribution in [0.15, 0.2) is 28.3 Å². The van der Waals surface area contributed by atoms with Crippen LogP contribution in [0.1, 0.15) is 35.7 Å². The molecule has 0 amide bonds. The molecule has 0 atom stereocenters. The van der Waals surface area contributed by atoms with E-state index in [0.717, 1.165) is 67.7 Å². The van der Waals surface area contributed by atoms with Crippen molar-refractivity contribution in [3.63, 3.8) is 0 Å². The van der Waals surface area contributed by atoms with Crippen molar-refractivity contribution < 1.29 is 4.42 Å². The van der Waals surface area contributed by atoms with E-state index < -0.39 is 0 Å². The minimum atomic E-state index is 0.0884. The molecule has 1 saturated heterocycles. The van der Waals surface area contributed by atoms with Crippen molar-refractivity contribution in [3.05, 3.63) is 46.7 Å². The Kier molecular flexibility index (Phi) is 4.18. The molecule has 3 aromatic heterocycles. The lowest BCUT2D eigenvalue weighted by Crippen LogP contribution is -2.54. The van der Waals surface area contributed by atoms with Gasteiger partial charge in [-0.2, -0.15) is 0 Å². The molecule has 0 radical (unpaired) electrons. The maximum absolute atomic E-state index is 5.91. The number of likely N-dealkylation sites (tertiary alicyclic amines) is 1. The predicted octanol–water partition coefficient (Wildman–Crippen LogP) is 3.41. The van der Waals surface area contributed by atoms with E-state index in [4.69, 9.17) is 14.4 Å². The first kappa shape index (κ1) is 17.2. The average Bonchev–Trinajstić information content (AvgIpc) is 3.42. The Labute approximate surface area is 163 Å². The van der Waals surface area contributed by atoms with Crippen molar-refractivity contribution in [1.29, 1.82) is 0 Å². The summed E-state index contributed by atoms with van der Waals surface area (Å²) in [7, 11) is 2.25. The number of aromatic amines is 1. The van der Waals surface area contributed by atoms with E-state index in [1.54, 1.807) is 11.3 Å². The molecular formula is C20H25N5OS. The second-order valence-electron chi connectivity index (χ2n) is 7.71. The third-order valence-electron chi connectivity index (χ3n) is 6.27. The summed E-state index contributed by atoms with van der Waals surface area (Å²) in [4.78, 5) is 18.9. The van der Waals surface area contributed by atoms with Crippen molar-refractivity contribution in [3.8, 4) is 10.8 Å². The Morgan fingerprint density at radius 3 is 2.93 bits per heavy atom. The molecule has 7 heteroatoms. The number of aromatic nitrogens is 3. The number of aryl methyl sites for hydroxylation is 1. The Balaban J connectivity index is 1.31. The molecule has 0 unspecified atom stereocenters. The number of piperidine rings is 1. The molecule has 0 aliphatic carbocycles. The zero-order valence-electron chi connectivity index (χ0n) is 15.9. The van der Waals surface area contributed by atoms with Crippen LogP contribution >= 0.6 is 11.3 Å². The molecule has 5 rings (SSSR count). The molecule has 3 aromatic rings. The first-order valence-corrected chi connectivity index (χ1v) is 10.5. The van der Waals surface area contributed by atoms with Gasteiger partial charge in [0.15, 0.2) is 0 Å².